The Morgan fingerprint density at radius 3 is 2.71 bits per heavy atom. The Bertz CT molecular complexity index is 490. The van der Waals surface area contributed by atoms with Crippen LogP contribution in [0.2, 0.25) is 0 Å². The summed E-state index contributed by atoms with van der Waals surface area (Å²) in [5.74, 6) is 0.430. The summed E-state index contributed by atoms with van der Waals surface area (Å²) in [7, 11) is 1.65. The summed E-state index contributed by atoms with van der Waals surface area (Å²) in [5.41, 5.74) is 5.24. The lowest BCUT2D eigenvalue weighted by Crippen LogP contribution is -2.43. The van der Waals surface area contributed by atoms with Crippen LogP contribution in [0.4, 0.5) is 18.9 Å². The van der Waals surface area contributed by atoms with Crippen molar-refractivity contribution in [2.24, 2.45) is 5.92 Å². The van der Waals surface area contributed by atoms with Crippen LogP contribution in [0.1, 0.15) is 24.5 Å². The van der Waals surface area contributed by atoms with Gasteiger partial charge in [-0.3, -0.25) is 4.90 Å². The number of ether oxygens (including phenoxy) is 1. The summed E-state index contributed by atoms with van der Waals surface area (Å²) in [5, 5.41) is 0. The molecule has 2 unspecified atom stereocenters. The van der Waals surface area contributed by atoms with Crippen molar-refractivity contribution < 1.29 is 17.9 Å². The van der Waals surface area contributed by atoms with Gasteiger partial charge in [0.05, 0.1) is 11.7 Å². The third kappa shape index (κ3) is 3.89. The van der Waals surface area contributed by atoms with Crippen LogP contribution in [-0.4, -0.2) is 31.2 Å². The molecule has 0 aliphatic carbocycles. The number of anilines is 1. The summed E-state index contributed by atoms with van der Waals surface area (Å²) in [6.45, 7) is 3.81. The first-order chi connectivity index (χ1) is 9.81. The number of rotatable bonds is 3. The lowest BCUT2D eigenvalue weighted by molar-refractivity contribution is -0.138. The summed E-state index contributed by atoms with van der Waals surface area (Å²) in [6, 6.07) is 4.00. The zero-order valence-corrected chi connectivity index (χ0v) is 12.3. The Morgan fingerprint density at radius 1 is 1.38 bits per heavy atom. The maximum atomic E-state index is 13.1. The van der Waals surface area contributed by atoms with Gasteiger partial charge >= 0.3 is 6.18 Å². The van der Waals surface area contributed by atoms with Gasteiger partial charge in [-0.1, -0.05) is 13.0 Å². The first-order valence-electron chi connectivity index (χ1n) is 7.02. The van der Waals surface area contributed by atoms with Gasteiger partial charge in [-0.05, 0) is 36.6 Å². The van der Waals surface area contributed by atoms with Crippen LogP contribution in [0.15, 0.2) is 18.2 Å². The number of nitrogens with two attached hydrogens (primary N) is 1. The predicted molar refractivity (Wildman–Crippen MR) is 75.7 cm³/mol. The van der Waals surface area contributed by atoms with Gasteiger partial charge in [-0.2, -0.15) is 13.2 Å². The number of halogens is 3. The molecule has 0 amide bonds. The normalized spacial score (nSPS) is 24.2. The molecule has 1 heterocycles. The van der Waals surface area contributed by atoms with Gasteiger partial charge in [0, 0.05) is 25.9 Å². The Balaban J connectivity index is 2.16. The Labute approximate surface area is 122 Å². The van der Waals surface area contributed by atoms with E-state index in [2.05, 4.69) is 6.92 Å². The molecule has 2 atom stereocenters. The molecule has 1 aliphatic heterocycles. The van der Waals surface area contributed by atoms with E-state index in [-0.39, 0.29) is 23.9 Å². The van der Waals surface area contributed by atoms with Crippen LogP contribution < -0.4 is 5.73 Å². The molecule has 0 radical (unpaired) electrons. The average molecular weight is 302 g/mol. The third-order valence-corrected chi connectivity index (χ3v) is 4.11. The van der Waals surface area contributed by atoms with Crippen molar-refractivity contribution >= 4 is 5.69 Å². The van der Waals surface area contributed by atoms with Gasteiger partial charge in [-0.25, -0.2) is 0 Å². The number of likely N-dealkylation sites (tertiary alicyclic amines) is 1. The number of piperidine rings is 1. The fraction of sp³-hybridized carbons (Fsp3) is 0.600. The molecule has 1 aromatic carbocycles. The fourth-order valence-electron chi connectivity index (χ4n) is 2.79. The van der Waals surface area contributed by atoms with E-state index in [1.54, 1.807) is 7.11 Å². The molecule has 0 saturated carbocycles. The van der Waals surface area contributed by atoms with Gasteiger partial charge in [0.15, 0.2) is 0 Å². The summed E-state index contributed by atoms with van der Waals surface area (Å²) < 4.78 is 44.7. The molecular formula is C15H21F3N2O. The van der Waals surface area contributed by atoms with Crippen LogP contribution in [0.3, 0.4) is 0 Å². The number of hydrogen-bond donors (Lipinski definition) is 1. The zero-order chi connectivity index (χ0) is 15.6. The van der Waals surface area contributed by atoms with Crippen LogP contribution in [0.5, 0.6) is 0 Å². The van der Waals surface area contributed by atoms with Crippen LogP contribution in [0, 0.1) is 5.92 Å². The van der Waals surface area contributed by atoms with Crippen molar-refractivity contribution in [2.45, 2.75) is 32.2 Å². The second-order valence-corrected chi connectivity index (χ2v) is 5.69. The van der Waals surface area contributed by atoms with Crippen LogP contribution >= 0.6 is 0 Å². The second-order valence-electron chi connectivity index (χ2n) is 5.69. The number of methoxy groups -OCH3 is 1. The molecule has 1 aromatic rings. The Morgan fingerprint density at radius 2 is 2.10 bits per heavy atom. The molecular weight excluding hydrogens is 281 g/mol. The van der Waals surface area contributed by atoms with E-state index in [1.807, 2.05) is 4.90 Å². The molecule has 3 nitrogen and oxygen atoms in total. The molecule has 2 N–H and O–H groups in total. The average Bonchev–Trinajstić information content (AvgIpc) is 2.41. The van der Waals surface area contributed by atoms with E-state index < -0.39 is 11.7 Å². The maximum absolute atomic E-state index is 13.1. The zero-order valence-electron chi connectivity index (χ0n) is 12.3. The lowest BCUT2D eigenvalue weighted by atomic mass is 9.95. The highest BCUT2D eigenvalue weighted by atomic mass is 19.4. The SMILES string of the molecule is COC1CN(Cc2ccc(N)cc2C(F)(F)F)CCC1C. The third-order valence-electron chi connectivity index (χ3n) is 4.11. The minimum absolute atomic E-state index is 0.0712. The summed E-state index contributed by atoms with van der Waals surface area (Å²) >= 11 is 0. The number of alkyl halides is 3. The van der Waals surface area contributed by atoms with Crippen molar-refractivity contribution in [1.82, 2.24) is 4.90 Å². The molecule has 0 spiro atoms. The summed E-state index contributed by atoms with van der Waals surface area (Å²) in [6.07, 6.45) is -3.38. The van der Waals surface area contributed by atoms with Crippen molar-refractivity contribution in [2.75, 3.05) is 25.9 Å². The van der Waals surface area contributed by atoms with E-state index in [1.165, 1.54) is 12.1 Å². The number of nitrogen functional groups attached to an aromatic ring is 1. The first-order valence-corrected chi connectivity index (χ1v) is 7.02. The summed E-state index contributed by atoms with van der Waals surface area (Å²) in [4.78, 5) is 2.01. The van der Waals surface area contributed by atoms with Gasteiger partial charge in [0.2, 0.25) is 0 Å². The molecule has 1 aliphatic rings. The quantitative estimate of drug-likeness (QED) is 0.872. The van der Waals surface area contributed by atoms with E-state index in [0.717, 1.165) is 19.0 Å². The largest absolute Gasteiger partial charge is 0.416 e. The van der Waals surface area contributed by atoms with Gasteiger partial charge in [0.25, 0.3) is 0 Å². The topological polar surface area (TPSA) is 38.5 Å². The molecule has 118 valence electrons. The first kappa shape index (κ1) is 16.1. The molecule has 1 saturated heterocycles. The van der Waals surface area contributed by atoms with Crippen molar-refractivity contribution in [1.29, 1.82) is 0 Å². The number of nitrogens with zero attached hydrogens (tertiary/aromatic N) is 1. The molecule has 0 bridgehead atoms. The highest BCUT2D eigenvalue weighted by molar-refractivity contribution is 5.46. The van der Waals surface area contributed by atoms with E-state index in [4.69, 9.17) is 10.5 Å². The molecule has 1 fully saturated rings. The Hall–Kier alpha value is -1.27. The van der Waals surface area contributed by atoms with Gasteiger partial charge < -0.3 is 10.5 Å². The van der Waals surface area contributed by atoms with Gasteiger partial charge in [-0.15, -0.1) is 0 Å². The standard InChI is InChI=1S/C15H21F3N2O/c1-10-5-6-20(9-14(10)21-2)8-11-3-4-12(19)7-13(11)15(16,17)18/h3-4,7,10,14H,5-6,8-9,19H2,1-2H3. The second kappa shape index (κ2) is 6.23. The highest BCUT2D eigenvalue weighted by Crippen LogP contribution is 2.34. The number of benzene rings is 1. The fourth-order valence-corrected chi connectivity index (χ4v) is 2.79. The van der Waals surface area contributed by atoms with Crippen molar-refractivity contribution in [3.63, 3.8) is 0 Å². The van der Waals surface area contributed by atoms with Crippen molar-refractivity contribution in [3.8, 4) is 0 Å². The number of hydrogen-bond acceptors (Lipinski definition) is 3. The monoisotopic (exact) mass is 302 g/mol. The van der Waals surface area contributed by atoms with E-state index >= 15 is 0 Å². The Kier molecular flexibility index (Phi) is 4.78. The molecule has 0 aromatic heterocycles. The van der Waals surface area contributed by atoms with Gasteiger partial charge in [0.1, 0.15) is 0 Å². The maximum Gasteiger partial charge on any atom is 0.416 e. The van der Waals surface area contributed by atoms with Crippen LogP contribution in [-0.2, 0) is 17.5 Å². The molecule has 21 heavy (non-hydrogen) atoms. The predicted octanol–water partition coefficient (Wildman–Crippen LogP) is 3.14. The lowest BCUT2D eigenvalue weighted by Gasteiger charge is -2.36. The van der Waals surface area contributed by atoms with Crippen molar-refractivity contribution in [3.05, 3.63) is 29.3 Å². The minimum Gasteiger partial charge on any atom is -0.399 e. The minimum atomic E-state index is -4.38. The van der Waals surface area contributed by atoms with E-state index in [0.29, 0.717) is 12.5 Å². The smallest absolute Gasteiger partial charge is 0.399 e. The highest BCUT2D eigenvalue weighted by Gasteiger charge is 2.34. The van der Waals surface area contributed by atoms with E-state index in [9.17, 15) is 13.2 Å². The molecule has 2 rings (SSSR count). The van der Waals surface area contributed by atoms with Crippen LogP contribution in [0.25, 0.3) is 0 Å². The molecule has 6 heteroatoms.